The number of nitrogens with zero attached hydrogens (tertiary/aromatic N) is 1. The number of hydrogen-bond acceptors (Lipinski definition) is 3. The van der Waals surface area contributed by atoms with E-state index < -0.39 is 5.97 Å². The van der Waals surface area contributed by atoms with Gasteiger partial charge in [0.15, 0.2) is 0 Å². The van der Waals surface area contributed by atoms with Crippen LogP contribution in [-0.2, 0) is 12.8 Å². The van der Waals surface area contributed by atoms with E-state index >= 15 is 0 Å². The topological polar surface area (TPSA) is 50.2 Å². The van der Waals surface area contributed by atoms with Crippen LogP contribution >= 0.6 is 11.3 Å². The maximum Gasteiger partial charge on any atom is 0.347 e. The Kier molecular flexibility index (Phi) is 5.12. The summed E-state index contributed by atoms with van der Waals surface area (Å²) in [7, 11) is 0. The van der Waals surface area contributed by atoms with Crippen LogP contribution in [0.4, 0.5) is 0 Å². The standard InChI is InChI=1S/C13H21NO2S/c1-8(2)5-6-11-14-10(7-9(3)4)12(17-11)13(15)16/h8-9H,5-7H2,1-4H3,(H,15,16). The van der Waals surface area contributed by atoms with E-state index in [1.165, 1.54) is 11.3 Å². The molecule has 0 amide bonds. The molecule has 0 saturated carbocycles. The summed E-state index contributed by atoms with van der Waals surface area (Å²) in [6.07, 6.45) is 2.70. The molecule has 17 heavy (non-hydrogen) atoms. The zero-order valence-corrected chi connectivity index (χ0v) is 11.8. The summed E-state index contributed by atoms with van der Waals surface area (Å²) in [6, 6.07) is 0. The Hall–Kier alpha value is -0.900. The quantitative estimate of drug-likeness (QED) is 0.844. The molecular formula is C13H21NO2S. The van der Waals surface area contributed by atoms with Crippen molar-refractivity contribution >= 4 is 17.3 Å². The van der Waals surface area contributed by atoms with E-state index in [-0.39, 0.29) is 0 Å². The highest BCUT2D eigenvalue weighted by Crippen LogP contribution is 2.23. The molecule has 0 unspecified atom stereocenters. The maximum atomic E-state index is 11.1. The van der Waals surface area contributed by atoms with Gasteiger partial charge >= 0.3 is 5.97 Å². The summed E-state index contributed by atoms with van der Waals surface area (Å²) in [5, 5.41) is 10.1. The first-order valence-corrected chi connectivity index (χ1v) is 6.93. The van der Waals surface area contributed by atoms with Crippen molar-refractivity contribution in [2.45, 2.75) is 47.0 Å². The molecule has 0 fully saturated rings. The summed E-state index contributed by atoms with van der Waals surface area (Å²) >= 11 is 1.34. The van der Waals surface area contributed by atoms with Gasteiger partial charge in [0.1, 0.15) is 4.88 Å². The Morgan fingerprint density at radius 2 is 1.94 bits per heavy atom. The first-order valence-electron chi connectivity index (χ1n) is 6.12. The predicted octanol–water partition coefficient (Wildman–Crippen LogP) is 3.63. The van der Waals surface area contributed by atoms with Gasteiger partial charge in [0.05, 0.1) is 10.7 Å². The fourth-order valence-electron chi connectivity index (χ4n) is 1.61. The molecule has 0 spiro atoms. The fraction of sp³-hybridized carbons (Fsp3) is 0.692. The molecule has 1 N–H and O–H groups in total. The number of carbonyl (C=O) groups is 1. The molecule has 3 nitrogen and oxygen atoms in total. The molecule has 0 aromatic carbocycles. The second-order valence-electron chi connectivity index (χ2n) is 5.22. The molecule has 1 aromatic heterocycles. The minimum atomic E-state index is -0.839. The van der Waals surface area contributed by atoms with Gasteiger partial charge in [-0.3, -0.25) is 0 Å². The highest BCUT2D eigenvalue weighted by Gasteiger charge is 2.17. The SMILES string of the molecule is CC(C)CCc1nc(CC(C)C)c(C(=O)O)s1. The molecule has 4 heteroatoms. The first-order chi connectivity index (χ1) is 7.90. The van der Waals surface area contributed by atoms with Crippen LogP contribution in [0.1, 0.15) is 54.5 Å². The lowest BCUT2D eigenvalue weighted by molar-refractivity contribution is 0.0700. The molecule has 0 aliphatic heterocycles. The van der Waals surface area contributed by atoms with Crippen molar-refractivity contribution in [3.05, 3.63) is 15.6 Å². The summed E-state index contributed by atoms with van der Waals surface area (Å²) < 4.78 is 0. The summed E-state index contributed by atoms with van der Waals surface area (Å²) in [4.78, 5) is 16.0. The van der Waals surface area contributed by atoms with Crippen molar-refractivity contribution in [3.63, 3.8) is 0 Å². The number of carboxylic acids is 1. The molecule has 1 heterocycles. The molecule has 0 saturated heterocycles. The smallest absolute Gasteiger partial charge is 0.347 e. The predicted molar refractivity (Wildman–Crippen MR) is 70.8 cm³/mol. The Balaban J connectivity index is 2.84. The van der Waals surface area contributed by atoms with Gasteiger partial charge in [0.25, 0.3) is 0 Å². The fourth-order valence-corrected chi connectivity index (χ4v) is 2.56. The second-order valence-corrected chi connectivity index (χ2v) is 6.30. The number of carboxylic acid groups (broad SMARTS) is 1. The minimum absolute atomic E-state index is 0.428. The van der Waals surface area contributed by atoms with E-state index in [0.717, 1.165) is 30.0 Å². The lowest BCUT2D eigenvalue weighted by atomic mass is 10.1. The van der Waals surface area contributed by atoms with E-state index in [4.69, 9.17) is 5.11 Å². The summed E-state index contributed by atoms with van der Waals surface area (Å²) in [6.45, 7) is 8.50. The minimum Gasteiger partial charge on any atom is -0.477 e. The van der Waals surface area contributed by atoms with Crippen molar-refractivity contribution in [2.75, 3.05) is 0 Å². The van der Waals surface area contributed by atoms with Gasteiger partial charge in [-0.25, -0.2) is 9.78 Å². The van der Waals surface area contributed by atoms with E-state index in [0.29, 0.717) is 16.7 Å². The third-order valence-electron chi connectivity index (χ3n) is 2.47. The Labute approximate surface area is 107 Å². The molecule has 0 atom stereocenters. The van der Waals surface area contributed by atoms with Gasteiger partial charge in [-0.15, -0.1) is 11.3 Å². The average molecular weight is 255 g/mol. The van der Waals surface area contributed by atoms with Crippen LogP contribution in [0, 0.1) is 11.8 Å². The van der Waals surface area contributed by atoms with Crippen molar-refractivity contribution in [1.82, 2.24) is 4.98 Å². The van der Waals surface area contributed by atoms with Gasteiger partial charge in [0, 0.05) is 0 Å². The Morgan fingerprint density at radius 1 is 1.29 bits per heavy atom. The molecule has 0 aliphatic carbocycles. The highest BCUT2D eigenvalue weighted by molar-refractivity contribution is 7.13. The molecule has 0 bridgehead atoms. The molecule has 1 rings (SSSR count). The number of thiazole rings is 1. The van der Waals surface area contributed by atoms with Crippen LogP contribution in [-0.4, -0.2) is 16.1 Å². The third kappa shape index (κ3) is 4.46. The van der Waals surface area contributed by atoms with Crippen molar-refractivity contribution in [1.29, 1.82) is 0 Å². The lowest BCUT2D eigenvalue weighted by Crippen LogP contribution is -2.02. The summed E-state index contributed by atoms with van der Waals surface area (Å²) in [5.41, 5.74) is 0.760. The Morgan fingerprint density at radius 3 is 2.41 bits per heavy atom. The average Bonchev–Trinajstić information content (AvgIpc) is 2.57. The monoisotopic (exact) mass is 255 g/mol. The van der Waals surface area contributed by atoms with Gasteiger partial charge in [-0.2, -0.15) is 0 Å². The zero-order valence-electron chi connectivity index (χ0n) is 11.0. The van der Waals surface area contributed by atoms with E-state index in [1.54, 1.807) is 0 Å². The van der Waals surface area contributed by atoms with E-state index in [2.05, 4.69) is 32.7 Å². The Bertz CT molecular complexity index is 383. The van der Waals surface area contributed by atoms with Crippen LogP contribution in [0.15, 0.2) is 0 Å². The van der Waals surface area contributed by atoms with Crippen LogP contribution in [0.25, 0.3) is 0 Å². The van der Waals surface area contributed by atoms with Gasteiger partial charge in [0.2, 0.25) is 0 Å². The highest BCUT2D eigenvalue weighted by atomic mass is 32.1. The number of aromatic carboxylic acids is 1. The second kappa shape index (κ2) is 6.15. The maximum absolute atomic E-state index is 11.1. The molecule has 0 radical (unpaired) electrons. The third-order valence-corrected chi connectivity index (χ3v) is 3.62. The van der Waals surface area contributed by atoms with Crippen LogP contribution in [0.3, 0.4) is 0 Å². The number of rotatable bonds is 6. The lowest BCUT2D eigenvalue weighted by Gasteiger charge is -2.02. The van der Waals surface area contributed by atoms with Crippen molar-refractivity contribution in [2.24, 2.45) is 11.8 Å². The van der Waals surface area contributed by atoms with Gasteiger partial charge in [-0.1, -0.05) is 27.7 Å². The van der Waals surface area contributed by atoms with E-state index in [9.17, 15) is 4.79 Å². The van der Waals surface area contributed by atoms with Crippen molar-refractivity contribution < 1.29 is 9.90 Å². The number of aryl methyl sites for hydroxylation is 1. The van der Waals surface area contributed by atoms with Crippen molar-refractivity contribution in [3.8, 4) is 0 Å². The normalized spacial score (nSPS) is 11.4. The number of hydrogen-bond donors (Lipinski definition) is 1. The largest absolute Gasteiger partial charge is 0.477 e. The first kappa shape index (κ1) is 14.2. The molecule has 1 aromatic rings. The zero-order chi connectivity index (χ0) is 13.0. The van der Waals surface area contributed by atoms with Crippen LogP contribution in [0.2, 0.25) is 0 Å². The molecular weight excluding hydrogens is 234 g/mol. The van der Waals surface area contributed by atoms with Gasteiger partial charge in [-0.05, 0) is 31.1 Å². The van der Waals surface area contributed by atoms with Crippen LogP contribution < -0.4 is 0 Å². The molecule has 0 aliphatic rings. The van der Waals surface area contributed by atoms with Gasteiger partial charge < -0.3 is 5.11 Å². The molecule has 96 valence electrons. The summed E-state index contributed by atoms with van der Waals surface area (Å²) in [5.74, 6) is 0.225. The van der Waals surface area contributed by atoms with Crippen LogP contribution in [0.5, 0.6) is 0 Å². The van der Waals surface area contributed by atoms with E-state index in [1.807, 2.05) is 0 Å². The number of aromatic nitrogens is 1.